The molecule has 6 heterocycles. The Kier molecular flexibility index (Phi) is 11.5. The summed E-state index contributed by atoms with van der Waals surface area (Å²) >= 11 is 6.48. The fourth-order valence-corrected chi connectivity index (χ4v) is 8.15. The molecule has 4 aliphatic heterocycles. The van der Waals surface area contributed by atoms with Crippen molar-refractivity contribution >= 4 is 54.0 Å². The number of pyridine rings is 1. The summed E-state index contributed by atoms with van der Waals surface area (Å²) < 4.78 is 52.8. The Morgan fingerprint density at radius 3 is 2.58 bits per heavy atom. The highest BCUT2D eigenvalue weighted by atomic mass is 35.5. The van der Waals surface area contributed by atoms with Crippen molar-refractivity contribution in [3.8, 4) is 0 Å². The minimum absolute atomic E-state index is 0.0396. The maximum atomic E-state index is 15.7. The van der Waals surface area contributed by atoms with Crippen LogP contribution in [0.3, 0.4) is 0 Å². The maximum absolute atomic E-state index is 15.7. The van der Waals surface area contributed by atoms with Gasteiger partial charge in [0, 0.05) is 105 Å². The molecule has 0 bridgehead atoms. The number of methoxy groups -OCH3 is 1. The molecule has 298 valence electrons. The van der Waals surface area contributed by atoms with Crippen LogP contribution in [-0.4, -0.2) is 106 Å². The summed E-state index contributed by atoms with van der Waals surface area (Å²) in [6, 6.07) is 10.2. The maximum Gasteiger partial charge on any atom is 0.737 e. The van der Waals surface area contributed by atoms with Crippen LogP contribution in [0.15, 0.2) is 82.8 Å². The van der Waals surface area contributed by atoms with Gasteiger partial charge in [0.05, 0.1) is 12.7 Å². The lowest BCUT2D eigenvalue weighted by Crippen LogP contribution is -2.50. The molecule has 0 aliphatic carbocycles. The van der Waals surface area contributed by atoms with Gasteiger partial charge < -0.3 is 37.9 Å². The van der Waals surface area contributed by atoms with Gasteiger partial charge in [0.25, 0.3) is 0 Å². The van der Waals surface area contributed by atoms with Crippen LogP contribution >= 0.6 is 11.6 Å². The fraction of sp³-hybridized carbons (Fsp3) is 0.350. The van der Waals surface area contributed by atoms with Gasteiger partial charge in [0.1, 0.15) is 23.3 Å². The number of ether oxygens (including phenoxy) is 1. The number of hydrogen-bond acceptors (Lipinski definition) is 8. The van der Waals surface area contributed by atoms with E-state index in [9.17, 15) is 18.8 Å². The van der Waals surface area contributed by atoms with Gasteiger partial charge in [-0.25, -0.2) is 9.18 Å². The van der Waals surface area contributed by atoms with E-state index < -0.39 is 24.8 Å². The second-order valence-corrected chi connectivity index (χ2v) is 14.9. The number of hydrogen-bond donors (Lipinski definition) is 2. The first-order valence-electron chi connectivity index (χ1n) is 18.9. The van der Waals surface area contributed by atoms with Crippen LogP contribution in [0, 0.1) is 19.7 Å². The van der Waals surface area contributed by atoms with E-state index in [1.165, 1.54) is 25.3 Å². The third-order valence-electron chi connectivity index (χ3n) is 10.7. The molecule has 0 spiro atoms. The Bertz CT molecular complexity index is 2260. The highest BCUT2D eigenvalue weighted by Gasteiger charge is 2.52. The zero-order valence-electron chi connectivity index (χ0n) is 31.9. The summed E-state index contributed by atoms with van der Waals surface area (Å²) in [6.07, 6.45) is 7.56. The summed E-state index contributed by atoms with van der Waals surface area (Å²) in [5.74, 6) is -1.03. The number of aryl methyl sites for hydroxylation is 2. The zero-order valence-corrected chi connectivity index (χ0v) is 32.7. The molecule has 7 rings (SSSR count). The summed E-state index contributed by atoms with van der Waals surface area (Å²) in [5.41, 5.74) is 4.33. The van der Waals surface area contributed by atoms with Crippen LogP contribution in [0.25, 0.3) is 6.08 Å². The van der Waals surface area contributed by atoms with Crippen LogP contribution in [0.2, 0.25) is 5.02 Å². The number of benzene rings is 1. The number of allylic oxidation sites excluding steroid dienone is 2. The second-order valence-electron chi connectivity index (χ2n) is 14.5. The van der Waals surface area contributed by atoms with E-state index in [0.717, 1.165) is 14.5 Å². The SMILES string of the molecule is COC(=O)C1=C(CN2CCN(C(=O)CCCNC(=O)CCC3=[N+]4C(=Cc5c(C)cc(C)n5[B-]4(F)F)C=C3)CC2)NC(c2ccccn2)=NC1c1ccc(F)cc1Cl. The summed E-state index contributed by atoms with van der Waals surface area (Å²) in [7, 11) is 1.28. The molecule has 4 aliphatic rings. The largest absolute Gasteiger partial charge is 0.737 e. The van der Waals surface area contributed by atoms with Gasteiger partial charge in [0.2, 0.25) is 11.8 Å². The van der Waals surface area contributed by atoms with Crippen LogP contribution in [0.1, 0.15) is 59.9 Å². The van der Waals surface area contributed by atoms with E-state index in [1.54, 1.807) is 54.4 Å². The first-order chi connectivity index (χ1) is 27.3. The molecule has 2 aromatic heterocycles. The van der Waals surface area contributed by atoms with Gasteiger partial charge in [-0.3, -0.25) is 24.5 Å². The summed E-state index contributed by atoms with van der Waals surface area (Å²) in [5, 5.41) is 6.23. The first kappa shape index (κ1) is 39.7. The molecule has 17 heteroatoms. The number of piperazine rings is 1. The molecule has 2 amide bonds. The topological polar surface area (TPSA) is 124 Å². The highest BCUT2D eigenvalue weighted by molar-refractivity contribution is 6.58. The number of nitrogens with one attached hydrogen (secondary N) is 2. The second kappa shape index (κ2) is 16.6. The zero-order chi connectivity index (χ0) is 40.4. The van der Waals surface area contributed by atoms with Crippen LogP contribution in [0.5, 0.6) is 0 Å². The van der Waals surface area contributed by atoms with Crippen molar-refractivity contribution in [2.24, 2.45) is 4.99 Å². The van der Waals surface area contributed by atoms with Crippen molar-refractivity contribution in [1.82, 2.24) is 29.9 Å². The van der Waals surface area contributed by atoms with Crippen molar-refractivity contribution in [3.63, 3.8) is 0 Å². The number of rotatable bonds is 12. The molecule has 1 saturated heterocycles. The van der Waals surface area contributed by atoms with E-state index in [1.807, 2.05) is 13.0 Å². The number of carbonyl (C=O) groups excluding carboxylic acids is 3. The Balaban J connectivity index is 0.915. The van der Waals surface area contributed by atoms with Crippen molar-refractivity contribution in [2.45, 2.75) is 45.6 Å². The molecular formula is C40H43BClF3N8O4. The number of esters is 1. The molecule has 0 radical (unpaired) electrons. The van der Waals surface area contributed by atoms with Gasteiger partial charge in [-0.05, 0) is 61.9 Å². The molecule has 3 aromatic rings. The standard InChI is InChI=1S/C40H43BClF3N8O4/c1-25-21-26(2)52-34(25)23-29-11-10-28(53(29)41(52,44)45)12-14-35(54)47-16-6-8-36(55)51-19-17-50(18-20-51)24-33-37(40(56)57-3)38(30-13-9-27(43)22-31(30)42)49-39(48-33)32-7-4-5-15-46-32/h4-5,7,9-11,13,15,21-23,38H,6,8,12,14,16-20,24H2,1-3H3,(H,47,54)(H,48,49). The first-order valence-corrected chi connectivity index (χ1v) is 19.3. The fourth-order valence-electron chi connectivity index (χ4n) is 7.88. The number of aromatic nitrogens is 2. The minimum atomic E-state index is -4.09. The normalized spacial score (nSPS) is 18.8. The van der Waals surface area contributed by atoms with Crippen molar-refractivity contribution in [2.75, 3.05) is 46.4 Å². The number of halogens is 4. The van der Waals surface area contributed by atoms with Gasteiger partial charge >= 0.3 is 12.9 Å². The van der Waals surface area contributed by atoms with Crippen LogP contribution in [0.4, 0.5) is 13.0 Å². The van der Waals surface area contributed by atoms with E-state index in [-0.39, 0.29) is 48.2 Å². The third-order valence-corrected chi connectivity index (χ3v) is 11.0. The molecule has 1 aromatic carbocycles. The molecule has 2 N–H and O–H groups in total. The molecule has 0 saturated carbocycles. The van der Waals surface area contributed by atoms with Crippen molar-refractivity contribution in [3.05, 3.63) is 117 Å². The lowest BCUT2D eigenvalue weighted by molar-refractivity contribution is -0.362. The number of aliphatic imine (C=N–C) groups is 1. The van der Waals surface area contributed by atoms with Gasteiger partial charge in [-0.15, -0.1) is 0 Å². The highest BCUT2D eigenvalue weighted by Crippen LogP contribution is 2.37. The number of fused-ring (bicyclic) bond motifs is 2. The number of nitrogens with zero attached hydrogens (tertiary/aromatic N) is 6. The van der Waals surface area contributed by atoms with Crippen molar-refractivity contribution < 1.29 is 36.6 Å². The Morgan fingerprint density at radius 2 is 1.86 bits per heavy atom. The lowest BCUT2D eigenvalue weighted by atomic mass is 9.90. The van der Waals surface area contributed by atoms with Crippen LogP contribution in [-0.2, 0) is 19.1 Å². The van der Waals surface area contributed by atoms with Gasteiger partial charge in [-0.2, -0.15) is 0 Å². The predicted molar refractivity (Wildman–Crippen MR) is 211 cm³/mol. The Labute approximate surface area is 333 Å². The average molecular weight is 803 g/mol. The van der Waals surface area contributed by atoms with Gasteiger partial charge in [0.15, 0.2) is 11.5 Å². The third kappa shape index (κ3) is 8.19. The number of amidine groups is 1. The summed E-state index contributed by atoms with van der Waals surface area (Å²) in [4.78, 5) is 52.2. The molecule has 12 nitrogen and oxygen atoms in total. The quantitative estimate of drug-likeness (QED) is 0.151. The predicted octanol–water partition coefficient (Wildman–Crippen LogP) is 4.93. The molecule has 1 atom stereocenters. The monoisotopic (exact) mass is 802 g/mol. The van der Waals surface area contributed by atoms with E-state index >= 15 is 8.63 Å². The average Bonchev–Trinajstić information content (AvgIpc) is 3.75. The number of amides is 2. The molecule has 57 heavy (non-hydrogen) atoms. The minimum Gasteiger partial charge on any atom is -0.466 e. The van der Waals surface area contributed by atoms with E-state index in [0.29, 0.717) is 84.7 Å². The molecule has 1 unspecified atom stereocenters. The lowest BCUT2D eigenvalue weighted by Gasteiger charge is -2.36. The van der Waals surface area contributed by atoms with Gasteiger partial charge in [-0.1, -0.05) is 23.7 Å². The summed E-state index contributed by atoms with van der Waals surface area (Å²) in [6.45, 7) is 1.93. The molecular weight excluding hydrogens is 760 g/mol. The molecule has 1 fully saturated rings. The van der Waals surface area contributed by atoms with Crippen molar-refractivity contribution in [1.29, 1.82) is 0 Å². The van der Waals surface area contributed by atoms with E-state index in [2.05, 4.69) is 20.5 Å². The smallest absolute Gasteiger partial charge is 0.466 e. The Morgan fingerprint density at radius 1 is 1.07 bits per heavy atom. The van der Waals surface area contributed by atoms with E-state index in [4.69, 9.17) is 21.3 Å². The van der Waals surface area contributed by atoms with Crippen LogP contribution < -0.4 is 10.6 Å². The Hall–Kier alpha value is -5.48. The number of carbonyl (C=O) groups is 3.